The summed E-state index contributed by atoms with van der Waals surface area (Å²) in [5.74, 6) is -0.0559. The molecule has 3 N–H and O–H groups in total. The highest BCUT2D eigenvalue weighted by molar-refractivity contribution is 5.76. The van der Waals surface area contributed by atoms with Crippen molar-refractivity contribution < 1.29 is 15.0 Å². The lowest BCUT2D eigenvalue weighted by Gasteiger charge is -2.20. The Morgan fingerprint density at radius 3 is 0.881 bits per heavy atom. The molecule has 0 aliphatic carbocycles. The van der Waals surface area contributed by atoms with E-state index in [2.05, 4.69) is 19.2 Å². The Morgan fingerprint density at radius 2 is 0.627 bits per heavy atom. The van der Waals surface area contributed by atoms with Crippen LogP contribution in [0.3, 0.4) is 0 Å². The summed E-state index contributed by atoms with van der Waals surface area (Å²) in [6.45, 7) is 4.35. The van der Waals surface area contributed by atoms with Gasteiger partial charge in [-0.2, -0.15) is 0 Å². The molecule has 0 rings (SSSR count). The van der Waals surface area contributed by atoms with Crippen molar-refractivity contribution in [1.82, 2.24) is 5.32 Å². The molecule has 0 bridgehead atoms. The molecule has 0 aliphatic heterocycles. The lowest BCUT2D eigenvalue weighted by molar-refractivity contribution is -0.123. The van der Waals surface area contributed by atoms with Crippen LogP contribution in [0.25, 0.3) is 0 Å². The summed E-state index contributed by atoms with van der Waals surface area (Å²) in [4.78, 5) is 12.5. The molecule has 2 unspecified atom stereocenters. The number of unbranched alkanes of at least 4 members (excludes halogenated alkanes) is 44. The molecule has 0 heterocycles. The molecule has 0 aliphatic rings. The molecule has 0 saturated carbocycles. The minimum absolute atomic E-state index is 0.0559. The van der Waals surface area contributed by atoms with E-state index in [-0.39, 0.29) is 12.5 Å². The summed E-state index contributed by atoms with van der Waals surface area (Å²) in [7, 11) is 0. The highest BCUT2D eigenvalue weighted by atomic mass is 16.3. The molecule has 4 nitrogen and oxygen atoms in total. The molecule has 0 aromatic heterocycles. The first-order valence-electron chi connectivity index (χ1n) is 27.4. The van der Waals surface area contributed by atoms with Gasteiger partial charge in [-0.05, 0) is 19.3 Å². The van der Waals surface area contributed by atoms with Gasteiger partial charge < -0.3 is 15.5 Å². The Labute approximate surface area is 371 Å². The van der Waals surface area contributed by atoms with Crippen molar-refractivity contribution in [2.75, 3.05) is 6.61 Å². The van der Waals surface area contributed by atoms with E-state index in [0.717, 1.165) is 25.7 Å². The Balaban J connectivity index is 3.45. The third-order valence-electron chi connectivity index (χ3n) is 13.0. The number of carbonyl (C=O) groups is 1. The van der Waals surface area contributed by atoms with Crippen molar-refractivity contribution in [2.24, 2.45) is 0 Å². The molecule has 0 fully saturated rings. The van der Waals surface area contributed by atoms with Crippen LogP contribution < -0.4 is 5.32 Å². The Kier molecular flexibility index (Phi) is 50.7. The fourth-order valence-electron chi connectivity index (χ4n) is 8.83. The van der Waals surface area contributed by atoms with Gasteiger partial charge in [0.25, 0.3) is 0 Å². The van der Waals surface area contributed by atoms with E-state index >= 15 is 0 Å². The van der Waals surface area contributed by atoms with Gasteiger partial charge in [0.05, 0.1) is 18.8 Å². The zero-order chi connectivity index (χ0) is 42.8. The molecule has 0 aromatic rings. The van der Waals surface area contributed by atoms with Gasteiger partial charge in [0.1, 0.15) is 0 Å². The van der Waals surface area contributed by atoms with Crippen molar-refractivity contribution in [1.29, 1.82) is 0 Å². The van der Waals surface area contributed by atoms with E-state index in [4.69, 9.17) is 0 Å². The molecular formula is C55H109NO3. The number of hydrogen-bond donors (Lipinski definition) is 3. The Morgan fingerprint density at radius 1 is 0.390 bits per heavy atom. The average Bonchev–Trinajstić information content (AvgIpc) is 3.24. The van der Waals surface area contributed by atoms with Gasteiger partial charge in [-0.15, -0.1) is 0 Å². The summed E-state index contributed by atoms with van der Waals surface area (Å²) in [6, 6.07) is -0.618. The van der Waals surface area contributed by atoms with Gasteiger partial charge in [-0.3, -0.25) is 4.79 Å². The topological polar surface area (TPSA) is 69.6 Å². The summed E-state index contributed by atoms with van der Waals surface area (Å²) >= 11 is 0. The first-order valence-corrected chi connectivity index (χ1v) is 27.4. The number of hydrogen-bond acceptors (Lipinski definition) is 3. The highest BCUT2D eigenvalue weighted by Crippen LogP contribution is 2.18. The lowest BCUT2D eigenvalue weighted by Crippen LogP contribution is -2.45. The zero-order valence-corrected chi connectivity index (χ0v) is 40.6. The van der Waals surface area contributed by atoms with Gasteiger partial charge in [-0.25, -0.2) is 0 Å². The van der Waals surface area contributed by atoms with Crippen LogP contribution in [0.15, 0.2) is 12.2 Å². The Bertz CT molecular complexity index is 814. The standard InChI is InChI=1S/C55H109NO3/c1-3-5-7-9-11-13-15-17-19-21-23-25-26-27-28-29-31-33-35-37-39-41-43-45-47-49-51-55(59)56-53(52-57)54(58)50-48-46-44-42-40-38-36-34-32-30-24-22-20-18-16-14-12-10-8-6-4-2/h48,50,53-54,57-58H,3-47,49,51-52H2,1-2H3,(H,56,59)/b50-48+. The van der Waals surface area contributed by atoms with Crippen molar-refractivity contribution >= 4 is 5.91 Å². The molecular weight excluding hydrogens is 723 g/mol. The van der Waals surface area contributed by atoms with Crippen LogP contribution in [0, 0.1) is 0 Å². The molecule has 1 amide bonds. The minimum atomic E-state index is -0.835. The van der Waals surface area contributed by atoms with Crippen LogP contribution >= 0.6 is 0 Å². The maximum Gasteiger partial charge on any atom is 0.220 e. The quantitative estimate of drug-likeness (QED) is 0.0422. The summed E-state index contributed by atoms with van der Waals surface area (Å²) in [6.07, 6.45) is 66.5. The number of carbonyl (C=O) groups excluding carboxylic acids is 1. The monoisotopic (exact) mass is 832 g/mol. The number of allylic oxidation sites excluding steroid dienone is 1. The van der Waals surface area contributed by atoms with E-state index in [0.29, 0.717) is 6.42 Å². The zero-order valence-electron chi connectivity index (χ0n) is 40.6. The summed E-state index contributed by atoms with van der Waals surface area (Å²) in [5.41, 5.74) is 0. The Hall–Kier alpha value is -0.870. The van der Waals surface area contributed by atoms with Crippen molar-refractivity contribution in [3.05, 3.63) is 12.2 Å². The second kappa shape index (κ2) is 51.5. The van der Waals surface area contributed by atoms with Gasteiger partial charge in [0.2, 0.25) is 5.91 Å². The lowest BCUT2D eigenvalue weighted by atomic mass is 10.0. The van der Waals surface area contributed by atoms with Gasteiger partial charge in [0, 0.05) is 6.42 Å². The maximum absolute atomic E-state index is 12.5. The van der Waals surface area contributed by atoms with E-state index in [1.54, 1.807) is 6.08 Å². The van der Waals surface area contributed by atoms with Crippen LogP contribution in [-0.2, 0) is 4.79 Å². The van der Waals surface area contributed by atoms with E-state index in [9.17, 15) is 15.0 Å². The first kappa shape index (κ1) is 58.1. The normalized spacial score (nSPS) is 12.8. The fraction of sp³-hybridized carbons (Fsp3) is 0.945. The van der Waals surface area contributed by atoms with Gasteiger partial charge in [-0.1, -0.05) is 302 Å². The number of aliphatic hydroxyl groups excluding tert-OH is 2. The second-order valence-electron chi connectivity index (χ2n) is 19.0. The first-order chi connectivity index (χ1) is 29.2. The smallest absolute Gasteiger partial charge is 0.220 e. The van der Waals surface area contributed by atoms with Crippen LogP contribution in [0.5, 0.6) is 0 Å². The van der Waals surface area contributed by atoms with Crippen molar-refractivity contribution in [3.63, 3.8) is 0 Å². The molecule has 59 heavy (non-hydrogen) atoms. The molecule has 2 atom stereocenters. The highest BCUT2D eigenvalue weighted by Gasteiger charge is 2.18. The number of aliphatic hydroxyl groups is 2. The van der Waals surface area contributed by atoms with E-state index in [1.807, 2.05) is 6.08 Å². The minimum Gasteiger partial charge on any atom is -0.394 e. The second-order valence-corrected chi connectivity index (χ2v) is 19.0. The number of nitrogens with one attached hydrogen (secondary N) is 1. The maximum atomic E-state index is 12.5. The number of rotatable bonds is 51. The largest absolute Gasteiger partial charge is 0.394 e. The third-order valence-corrected chi connectivity index (χ3v) is 13.0. The van der Waals surface area contributed by atoms with Crippen LogP contribution in [-0.4, -0.2) is 34.9 Å². The fourth-order valence-corrected chi connectivity index (χ4v) is 8.83. The molecule has 0 aromatic carbocycles. The van der Waals surface area contributed by atoms with E-state index in [1.165, 1.54) is 270 Å². The summed E-state index contributed by atoms with van der Waals surface area (Å²) < 4.78 is 0. The van der Waals surface area contributed by atoms with Crippen LogP contribution in [0.2, 0.25) is 0 Å². The van der Waals surface area contributed by atoms with Gasteiger partial charge in [0.15, 0.2) is 0 Å². The van der Waals surface area contributed by atoms with Crippen molar-refractivity contribution in [3.8, 4) is 0 Å². The molecule has 0 radical (unpaired) electrons. The predicted octanol–water partition coefficient (Wildman–Crippen LogP) is 17.8. The van der Waals surface area contributed by atoms with Gasteiger partial charge >= 0.3 is 0 Å². The van der Waals surface area contributed by atoms with Crippen molar-refractivity contribution in [2.45, 2.75) is 328 Å². The predicted molar refractivity (Wildman–Crippen MR) is 263 cm³/mol. The number of amides is 1. The SMILES string of the molecule is CCCCCCCCCCCCCCCCCCCCC/C=C/C(O)C(CO)NC(=O)CCCCCCCCCCCCCCCCCCCCCCCCCCCC. The third kappa shape index (κ3) is 48.0. The molecule has 352 valence electrons. The molecule has 4 heteroatoms. The summed E-state index contributed by atoms with van der Waals surface area (Å²) in [5, 5.41) is 23.2. The molecule has 0 saturated heterocycles. The molecule has 0 spiro atoms. The van der Waals surface area contributed by atoms with Crippen LogP contribution in [0.4, 0.5) is 0 Å². The average molecular weight is 832 g/mol. The van der Waals surface area contributed by atoms with Crippen LogP contribution in [0.1, 0.15) is 316 Å². The van der Waals surface area contributed by atoms with E-state index < -0.39 is 12.1 Å².